The second-order valence-corrected chi connectivity index (χ2v) is 9.57. The molecule has 0 aliphatic rings. The van der Waals surface area contributed by atoms with Crippen LogP contribution in [0.25, 0.3) is 0 Å². The van der Waals surface area contributed by atoms with Crippen molar-refractivity contribution < 1.29 is 38.1 Å². The first-order chi connectivity index (χ1) is 19.7. The molecule has 1 unspecified atom stereocenters. The van der Waals surface area contributed by atoms with E-state index >= 15 is 0 Å². The summed E-state index contributed by atoms with van der Waals surface area (Å²) in [6.07, 6.45) is 4.28. The Bertz CT molecular complexity index is 1260. The Morgan fingerprint density at radius 2 is 1.39 bits per heavy atom. The van der Waals surface area contributed by atoms with Gasteiger partial charge in [-0.15, -0.1) is 0 Å². The summed E-state index contributed by atoms with van der Waals surface area (Å²) in [5.41, 5.74) is 1.20. The third-order valence-electron chi connectivity index (χ3n) is 6.20. The van der Waals surface area contributed by atoms with E-state index in [1.54, 1.807) is 48.5 Å². The van der Waals surface area contributed by atoms with Gasteiger partial charge >= 0.3 is 11.9 Å². The van der Waals surface area contributed by atoms with Gasteiger partial charge < -0.3 is 24.6 Å². The number of nitrogens with one attached hydrogen (secondary N) is 1. The molecule has 0 aliphatic carbocycles. The van der Waals surface area contributed by atoms with E-state index in [2.05, 4.69) is 12.2 Å². The average molecular weight is 566 g/mol. The van der Waals surface area contributed by atoms with Crippen molar-refractivity contribution >= 4 is 17.8 Å². The van der Waals surface area contributed by atoms with E-state index < -0.39 is 30.2 Å². The lowest BCUT2D eigenvalue weighted by atomic mass is 10.1. The number of hydrogen-bond donors (Lipinski definition) is 2. The number of carbonyl (C=O) groups excluding carboxylic acids is 2. The average Bonchev–Trinajstić information content (AvgIpc) is 2.95. The van der Waals surface area contributed by atoms with Crippen molar-refractivity contribution in [2.45, 2.75) is 64.8 Å². The van der Waals surface area contributed by atoms with E-state index in [1.165, 1.54) is 50.5 Å². The minimum Gasteiger partial charge on any atom is -0.494 e. The summed E-state index contributed by atoms with van der Waals surface area (Å²) in [5.74, 6) is -1.08. The van der Waals surface area contributed by atoms with Gasteiger partial charge in [0, 0.05) is 18.9 Å². The summed E-state index contributed by atoms with van der Waals surface area (Å²) in [5, 5.41) is 12.1. The molecule has 0 fully saturated rings. The predicted octanol–water partition coefficient (Wildman–Crippen LogP) is 6.38. The summed E-state index contributed by atoms with van der Waals surface area (Å²) < 4.78 is 29.0. The van der Waals surface area contributed by atoms with Crippen molar-refractivity contribution in [2.75, 3.05) is 6.61 Å². The molecule has 0 bridgehead atoms. The molecule has 9 heteroatoms. The molecule has 3 rings (SSSR count). The van der Waals surface area contributed by atoms with Crippen LogP contribution in [0.5, 0.6) is 17.2 Å². The zero-order chi connectivity index (χ0) is 29.6. The van der Waals surface area contributed by atoms with Crippen LogP contribution in [0.1, 0.15) is 72.2 Å². The lowest BCUT2D eigenvalue weighted by Gasteiger charge is -2.15. The summed E-state index contributed by atoms with van der Waals surface area (Å²) in [6, 6.07) is 17.7. The molecular weight excluding hydrogens is 529 g/mol. The van der Waals surface area contributed by atoms with Gasteiger partial charge in [0.05, 0.1) is 12.2 Å². The summed E-state index contributed by atoms with van der Waals surface area (Å²) in [4.78, 5) is 36.9. The topological polar surface area (TPSA) is 111 Å². The maximum atomic E-state index is 13.0. The number of carboxylic acid groups (broad SMARTS) is 1. The van der Waals surface area contributed by atoms with Crippen LogP contribution in [0.2, 0.25) is 0 Å². The third kappa shape index (κ3) is 10.6. The van der Waals surface area contributed by atoms with Gasteiger partial charge in [0.15, 0.2) is 0 Å². The van der Waals surface area contributed by atoms with Crippen molar-refractivity contribution in [2.24, 2.45) is 0 Å². The van der Waals surface area contributed by atoms with Gasteiger partial charge in [0.2, 0.25) is 6.36 Å². The molecule has 0 spiro atoms. The second-order valence-electron chi connectivity index (χ2n) is 9.57. The largest absolute Gasteiger partial charge is 0.494 e. The fraction of sp³-hybridized carbons (Fsp3) is 0.344. The SMILES string of the molecule is CCCCCCCOc1ccc(C(=O)Oc2ccc(C[C@H](NC(=O)c3ccc(OC(C)F)cc3)C(=O)O)cc2)cc1. The maximum Gasteiger partial charge on any atom is 0.343 e. The Morgan fingerprint density at radius 3 is 2.00 bits per heavy atom. The van der Waals surface area contributed by atoms with E-state index in [-0.39, 0.29) is 17.7 Å². The molecule has 218 valence electrons. The molecule has 0 heterocycles. The Kier molecular flexibility index (Phi) is 12.2. The minimum absolute atomic E-state index is 0.00985. The molecule has 8 nitrogen and oxygen atoms in total. The smallest absolute Gasteiger partial charge is 0.343 e. The highest BCUT2D eigenvalue weighted by Crippen LogP contribution is 2.19. The van der Waals surface area contributed by atoms with Crippen molar-refractivity contribution in [3.8, 4) is 17.2 Å². The lowest BCUT2D eigenvalue weighted by molar-refractivity contribution is -0.139. The number of carbonyl (C=O) groups is 3. The monoisotopic (exact) mass is 565 g/mol. The van der Waals surface area contributed by atoms with Gasteiger partial charge in [-0.2, -0.15) is 0 Å². The highest BCUT2D eigenvalue weighted by atomic mass is 19.1. The minimum atomic E-state index is -1.50. The Morgan fingerprint density at radius 1 is 0.805 bits per heavy atom. The molecule has 1 amide bonds. The number of carboxylic acids is 1. The molecule has 41 heavy (non-hydrogen) atoms. The van der Waals surface area contributed by atoms with Crippen LogP contribution in [-0.2, 0) is 11.2 Å². The van der Waals surface area contributed by atoms with Crippen LogP contribution in [0.4, 0.5) is 4.39 Å². The van der Waals surface area contributed by atoms with Crippen LogP contribution in [0.15, 0.2) is 72.8 Å². The highest BCUT2D eigenvalue weighted by molar-refractivity contribution is 5.96. The second kappa shape index (κ2) is 16.0. The van der Waals surface area contributed by atoms with E-state index in [0.717, 1.165) is 12.8 Å². The Labute approximate surface area is 239 Å². The van der Waals surface area contributed by atoms with Crippen LogP contribution >= 0.6 is 0 Å². The van der Waals surface area contributed by atoms with Gasteiger partial charge in [-0.05, 0) is 72.6 Å². The van der Waals surface area contributed by atoms with Gasteiger partial charge in [-0.25, -0.2) is 14.0 Å². The lowest BCUT2D eigenvalue weighted by Crippen LogP contribution is -2.42. The van der Waals surface area contributed by atoms with Crippen LogP contribution in [0, 0.1) is 0 Å². The molecule has 0 saturated carbocycles. The molecule has 3 aromatic rings. The van der Waals surface area contributed by atoms with Crippen molar-refractivity contribution in [3.63, 3.8) is 0 Å². The standard InChI is InChI=1S/C32H36FNO7/c1-3-4-5-6-7-20-39-26-16-12-25(13-17-26)32(38)41-28-14-8-23(9-15-28)21-29(31(36)37)34-30(35)24-10-18-27(19-11-24)40-22(2)33/h8-19,22,29H,3-7,20-21H2,1-2H3,(H,34,35)(H,36,37)/t22?,29-/m0/s1. The number of ether oxygens (including phenoxy) is 3. The van der Waals surface area contributed by atoms with Crippen LogP contribution in [0.3, 0.4) is 0 Å². The molecule has 0 saturated heterocycles. The summed E-state index contributed by atoms with van der Waals surface area (Å²) in [6.45, 7) is 4.05. The van der Waals surface area contributed by atoms with Gasteiger partial charge in [0.1, 0.15) is 23.3 Å². The van der Waals surface area contributed by atoms with E-state index in [1.807, 2.05) is 0 Å². The highest BCUT2D eigenvalue weighted by Gasteiger charge is 2.21. The number of benzene rings is 3. The normalized spacial score (nSPS) is 12.2. The quantitative estimate of drug-likeness (QED) is 0.118. The molecular formula is C32H36FNO7. The Hall–Kier alpha value is -4.40. The first-order valence-corrected chi connectivity index (χ1v) is 13.7. The molecule has 0 aliphatic heterocycles. The van der Waals surface area contributed by atoms with Gasteiger partial charge in [-0.1, -0.05) is 44.7 Å². The van der Waals surface area contributed by atoms with Crippen molar-refractivity contribution in [1.29, 1.82) is 0 Å². The molecule has 2 atom stereocenters. The van der Waals surface area contributed by atoms with Crippen molar-refractivity contribution in [1.82, 2.24) is 5.32 Å². The van der Waals surface area contributed by atoms with E-state index in [4.69, 9.17) is 14.2 Å². The number of unbranched alkanes of at least 4 members (excludes halogenated alkanes) is 4. The molecule has 0 radical (unpaired) electrons. The zero-order valence-corrected chi connectivity index (χ0v) is 23.3. The third-order valence-corrected chi connectivity index (χ3v) is 6.20. The number of amides is 1. The summed E-state index contributed by atoms with van der Waals surface area (Å²) >= 11 is 0. The van der Waals surface area contributed by atoms with Gasteiger partial charge in [0.25, 0.3) is 5.91 Å². The fourth-order valence-electron chi connectivity index (χ4n) is 3.99. The number of hydrogen-bond acceptors (Lipinski definition) is 6. The van der Waals surface area contributed by atoms with Crippen LogP contribution in [-0.4, -0.2) is 42.0 Å². The van der Waals surface area contributed by atoms with Crippen molar-refractivity contribution in [3.05, 3.63) is 89.5 Å². The molecule has 2 N–H and O–H groups in total. The fourth-order valence-corrected chi connectivity index (χ4v) is 3.99. The van der Waals surface area contributed by atoms with Gasteiger partial charge in [-0.3, -0.25) is 4.79 Å². The predicted molar refractivity (Wildman–Crippen MR) is 152 cm³/mol. The number of rotatable bonds is 16. The number of aliphatic carboxylic acids is 1. The number of halogens is 1. The van der Waals surface area contributed by atoms with Crippen LogP contribution < -0.4 is 19.5 Å². The number of esters is 1. The first-order valence-electron chi connectivity index (χ1n) is 13.7. The molecule has 0 aromatic heterocycles. The summed E-state index contributed by atoms with van der Waals surface area (Å²) in [7, 11) is 0. The first kappa shape index (κ1) is 31.1. The maximum absolute atomic E-state index is 13.0. The van der Waals surface area contributed by atoms with E-state index in [0.29, 0.717) is 29.2 Å². The number of alkyl halides is 1. The Balaban J connectivity index is 1.50. The molecule has 3 aromatic carbocycles. The zero-order valence-electron chi connectivity index (χ0n) is 23.3. The van der Waals surface area contributed by atoms with E-state index in [9.17, 15) is 23.9 Å².